The van der Waals surface area contributed by atoms with Gasteiger partial charge in [0.05, 0.1) is 5.60 Å². The van der Waals surface area contributed by atoms with Gasteiger partial charge in [0.1, 0.15) is 0 Å². The molecule has 0 radical (unpaired) electrons. The number of piperidine rings is 2. The van der Waals surface area contributed by atoms with E-state index in [2.05, 4.69) is 17.0 Å². The first-order valence-electron chi connectivity index (χ1n) is 7.09. The standard InChI is InChI=1S/C12H25N3O3S/c1-11-3-7-15(8-4-11)19(17,18)14-10-12(16)5-2-6-13-9-12/h11,13-14,16H,2-10H2,1H3. The Kier molecular flexibility index (Phi) is 4.84. The first-order chi connectivity index (χ1) is 8.91. The molecule has 2 heterocycles. The highest BCUT2D eigenvalue weighted by Gasteiger charge is 2.33. The van der Waals surface area contributed by atoms with Crippen molar-refractivity contribution in [2.75, 3.05) is 32.7 Å². The Morgan fingerprint density at radius 1 is 1.42 bits per heavy atom. The zero-order chi connectivity index (χ0) is 13.9. The summed E-state index contributed by atoms with van der Waals surface area (Å²) in [4.78, 5) is 0. The second-order valence-electron chi connectivity index (χ2n) is 5.91. The molecule has 19 heavy (non-hydrogen) atoms. The minimum atomic E-state index is -3.45. The molecule has 2 rings (SSSR count). The van der Waals surface area contributed by atoms with Gasteiger partial charge in [-0.3, -0.25) is 0 Å². The minimum absolute atomic E-state index is 0.0917. The Hall–Kier alpha value is -0.210. The SMILES string of the molecule is CC1CCN(S(=O)(=O)NCC2(O)CCCNC2)CC1. The molecule has 0 aliphatic carbocycles. The molecule has 1 atom stereocenters. The smallest absolute Gasteiger partial charge is 0.279 e. The lowest BCUT2D eigenvalue weighted by Crippen LogP contribution is -2.55. The Labute approximate surface area is 115 Å². The van der Waals surface area contributed by atoms with E-state index in [1.807, 2.05) is 0 Å². The predicted molar refractivity (Wildman–Crippen MR) is 73.9 cm³/mol. The van der Waals surface area contributed by atoms with E-state index in [0.717, 1.165) is 25.8 Å². The van der Waals surface area contributed by atoms with E-state index in [9.17, 15) is 13.5 Å². The molecule has 2 aliphatic rings. The largest absolute Gasteiger partial charge is 0.387 e. The Morgan fingerprint density at radius 3 is 2.68 bits per heavy atom. The van der Waals surface area contributed by atoms with Gasteiger partial charge in [0.15, 0.2) is 0 Å². The molecule has 7 heteroatoms. The number of nitrogens with zero attached hydrogens (tertiary/aromatic N) is 1. The number of hydrogen-bond acceptors (Lipinski definition) is 4. The molecule has 2 fully saturated rings. The van der Waals surface area contributed by atoms with Crippen molar-refractivity contribution in [3.63, 3.8) is 0 Å². The van der Waals surface area contributed by atoms with Gasteiger partial charge in [-0.1, -0.05) is 6.92 Å². The third-order valence-corrected chi connectivity index (χ3v) is 5.67. The van der Waals surface area contributed by atoms with Gasteiger partial charge in [0.25, 0.3) is 10.2 Å². The number of nitrogens with one attached hydrogen (secondary N) is 2. The van der Waals surface area contributed by atoms with Crippen molar-refractivity contribution in [1.29, 1.82) is 0 Å². The molecule has 0 aromatic carbocycles. The molecule has 0 saturated carbocycles. The fourth-order valence-corrected chi connectivity index (χ4v) is 3.97. The number of β-amino-alcohol motifs (C(OH)–C–C–N with tert-alkyl or cyclic N) is 1. The van der Waals surface area contributed by atoms with Crippen molar-refractivity contribution in [3.05, 3.63) is 0 Å². The van der Waals surface area contributed by atoms with Crippen LogP contribution < -0.4 is 10.0 Å². The first kappa shape index (κ1) is 15.2. The van der Waals surface area contributed by atoms with E-state index in [1.165, 1.54) is 4.31 Å². The van der Waals surface area contributed by atoms with Crippen molar-refractivity contribution >= 4 is 10.2 Å². The third kappa shape index (κ3) is 4.13. The Morgan fingerprint density at radius 2 is 2.11 bits per heavy atom. The van der Waals surface area contributed by atoms with Crippen LogP contribution in [0.4, 0.5) is 0 Å². The summed E-state index contributed by atoms with van der Waals surface area (Å²) in [5.74, 6) is 0.596. The summed E-state index contributed by atoms with van der Waals surface area (Å²) in [5, 5.41) is 13.4. The van der Waals surface area contributed by atoms with Crippen molar-refractivity contribution in [3.8, 4) is 0 Å². The van der Waals surface area contributed by atoms with Gasteiger partial charge in [-0.25, -0.2) is 0 Å². The van der Waals surface area contributed by atoms with Crippen molar-refractivity contribution < 1.29 is 13.5 Å². The third-order valence-electron chi connectivity index (χ3n) is 4.12. The van der Waals surface area contributed by atoms with E-state index >= 15 is 0 Å². The van der Waals surface area contributed by atoms with Crippen molar-refractivity contribution in [2.45, 2.75) is 38.2 Å². The fraction of sp³-hybridized carbons (Fsp3) is 1.00. The summed E-state index contributed by atoms with van der Waals surface area (Å²) < 4.78 is 28.4. The maximum Gasteiger partial charge on any atom is 0.279 e. The van der Waals surface area contributed by atoms with Crippen LogP contribution in [-0.4, -0.2) is 56.2 Å². The molecular weight excluding hydrogens is 266 g/mol. The summed E-state index contributed by atoms with van der Waals surface area (Å²) in [7, 11) is -3.45. The summed E-state index contributed by atoms with van der Waals surface area (Å²) in [6, 6.07) is 0. The monoisotopic (exact) mass is 291 g/mol. The van der Waals surface area contributed by atoms with Gasteiger partial charge < -0.3 is 10.4 Å². The Balaban J connectivity index is 1.87. The lowest BCUT2D eigenvalue weighted by molar-refractivity contribution is 0.0214. The molecular formula is C12H25N3O3S. The molecule has 0 spiro atoms. The van der Waals surface area contributed by atoms with Gasteiger partial charge in [-0.05, 0) is 38.1 Å². The van der Waals surface area contributed by atoms with Crippen LogP contribution in [0, 0.1) is 5.92 Å². The molecule has 0 aromatic heterocycles. The van der Waals surface area contributed by atoms with Crippen LogP contribution >= 0.6 is 0 Å². The highest BCUT2D eigenvalue weighted by atomic mass is 32.2. The average molecular weight is 291 g/mol. The van der Waals surface area contributed by atoms with Gasteiger partial charge in [-0.2, -0.15) is 17.4 Å². The molecule has 6 nitrogen and oxygen atoms in total. The van der Waals surface area contributed by atoms with Crippen LogP contribution in [0.5, 0.6) is 0 Å². The minimum Gasteiger partial charge on any atom is -0.387 e. The fourth-order valence-electron chi connectivity index (χ4n) is 2.64. The predicted octanol–water partition coefficient (Wildman–Crippen LogP) is -0.333. The number of hydrogen-bond donors (Lipinski definition) is 3. The van der Waals surface area contributed by atoms with Crippen LogP contribution in [0.1, 0.15) is 32.6 Å². The van der Waals surface area contributed by atoms with Crippen LogP contribution in [-0.2, 0) is 10.2 Å². The maximum absolute atomic E-state index is 12.2. The van der Waals surface area contributed by atoms with Gasteiger partial charge in [-0.15, -0.1) is 0 Å². The van der Waals surface area contributed by atoms with Crippen molar-refractivity contribution in [1.82, 2.24) is 14.3 Å². The molecule has 112 valence electrons. The average Bonchev–Trinajstić information content (AvgIpc) is 2.38. The van der Waals surface area contributed by atoms with E-state index in [1.54, 1.807) is 0 Å². The normalized spacial score (nSPS) is 31.5. The molecule has 2 aliphatic heterocycles. The topological polar surface area (TPSA) is 81.7 Å². The number of aliphatic hydroxyl groups is 1. The molecule has 3 N–H and O–H groups in total. The number of rotatable bonds is 4. The first-order valence-corrected chi connectivity index (χ1v) is 8.53. The summed E-state index contributed by atoms with van der Waals surface area (Å²) >= 11 is 0. The van der Waals surface area contributed by atoms with E-state index < -0.39 is 15.8 Å². The second-order valence-corrected chi connectivity index (χ2v) is 7.67. The van der Waals surface area contributed by atoms with Crippen LogP contribution in [0.25, 0.3) is 0 Å². The van der Waals surface area contributed by atoms with Gasteiger partial charge in [0, 0.05) is 26.2 Å². The van der Waals surface area contributed by atoms with E-state index in [4.69, 9.17) is 0 Å². The molecule has 1 unspecified atom stereocenters. The second kappa shape index (κ2) is 6.05. The van der Waals surface area contributed by atoms with Crippen LogP contribution in [0.2, 0.25) is 0 Å². The quantitative estimate of drug-likeness (QED) is 0.662. The lowest BCUT2D eigenvalue weighted by atomic mass is 9.95. The molecule has 2 saturated heterocycles. The maximum atomic E-state index is 12.2. The summed E-state index contributed by atoms with van der Waals surface area (Å²) in [5.41, 5.74) is -0.950. The van der Waals surface area contributed by atoms with Crippen LogP contribution in [0.15, 0.2) is 0 Å². The highest BCUT2D eigenvalue weighted by Crippen LogP contribution is 2.19. The summed E-state index contributed by atoms with van der Waals surface area (Å²) in [6.07, 6.45) is 3.33. The van der Waals surface area contributed by atoms with E-state index in [0.29, 0.717) is 32.0 Å². The highest BCUT2D eigenvalue weighted by molar-refractivity contribution is 7.87. The molecule has 0 bridgehead atoms. The zero-order valence-electron chi connectivity index (χ0n) is 11.6. The molecule has 0 amide bonds. The zero-order valence-corrected chi connectivity index (χ0v) is 12.4. The van der Waals surface area contributed by atoms with Gasteiger partial charge >= 0.3 is 0 Å². The molecule has 0 aromatic rings. The van der Waals surface area contributed by atoms with E-state index in [-0.39, 0.29) is 6.54 Å². The van der Waals surface area contributed by atoms with Crippen LogP contribution in [0.3, 0.4) is 0 Å². The summed E-state index contributed by atoms with van der Waals surface area (Å²) in [6.45, 7) is 4.73. The van der Waals surface area contributed by atoms with Crippen molar-refractivity contribution in [2.24, 2.45) is 5.92 Å². The lowest BCUT2D eigenvalue weighted by Gasteiger charge is -2.34. The Bertz CT molecular complexity index is 385. The van der Waals surface area contributed by atoms with Gasteiger partial charge in [0.2, 0.25) is 0 Å².